The van der Waals surface area contributed by atoms with Crippen LogP contribution in [0.3, 0.4) is 0 Å². The summed E-state index contributed by atoms with van der Waals surface area (Å²) < 4.78 is 5.75. The Hall–Kier alpha value is -2.16. The highest BCUT2D eigenvalue weighted by Crippen LogP contribution is 2.18. The van der Waals surface area contributed by atoms with Crippen LogP contribution < -0.4 is 15.4 Å². The van der Waals surface area contributed by atoms with Crippen LogP contribution in [-0.4, -0.2) is 20.2 Å². The molecule has 0 fully saturated rings. The SMILES string of the molecule is Cc1cc(OCCCN(C)c2ccccc2)ccc1N. The van der Waals surface area contributed by atoms with Crippen LogP contribution in [0, 0.1) is 6.92 Å². The second-order valence-electron chi connectivity index (χ2n) is 4.98. The van der Waals surface area contributed by atoms with E-state index in [0.29, 0.717) is 6.61 Å². The van der Waals surface area contributed by atoms with Gasteiger partial charge in [0, 0.05) is 25.0 Å². The zero-order valence-corrected chi connectivity index (χ0v) is 12.2. The minimum absolute atomic E-state index is 0.709. The number of ether oxygens (including phenoxy) is 1. The quantitative estimate of drug-likeness (QED) is 0.645. The molecule has 2 aromatic carbocycles. The number of nitrogens with two attached hydrogens (primary N) is 1. The summed E-state index contributed by atoms with van der Waals surface area (Å²) in [5.41, 5.74) is 8.88. The van der Waals surface area contributed by atoms with E-state index in [0.717, 1.165) is 30.0 Å². The number of para-hydroxylation sites is 1. The molecule has 0 aliphatic heterocycles. The first-order valence-electron chi connectivity index (χ1n) is 6.92. The fourth-order valence-electron chi connectivity index (χ4n) is 2.04. The van der Waals surface area contributed by atoms with Crippen molar-refractivity contribution < 1.29 is 4.74 Å². The fraction of sp³-hybridized carbons (Fsp3) is 0.294. The van der Waals surface area contributed by atoms with E-state index in [2.05, 4.69) is 36.2 Å². The molecule has 0 aliphatic rings. The lowest BCUT2D eigenvalue weighted by molar-refractivity contribution is 0.312. The first kappa shape index (κ1) is 14.3. The third-order valence-corrected chi connectivity index (χ3v) is 3.34. The molecule has 0 radical (unpaired) electrons. The minimum atomic E-state index is 0.709. The molecule has 3 nitrogen and oxygen atoms in total. The molecule has 0 aliphatic carbocycles. The topological polar surface area (TPSA) is 38.5 Å². The van der Waals surface area contributed by atoms with E-state index in [4.69, 9.17) is 10.5 Å². The van der Waals surface area contributed by atoms with Crippen molar-refractivity contribution in [3.63, 3.8) is 0 Å². The molecule has 0 heterocycles. The average Bonchev–Trinajstić information content (AvgIpc) is 2.48. The maximum atomic E-state index is 5.79. The van der Waals surface area contributed by atoms with Gasteiger partial charge in [-0.3, -0.25) is 0 Å². The monoisotopic (exact) mass is 270 g/mol. The van der Waals surface area contributed by atoms with Crippen molar-refractivity contribution in [1.29, 1.82) is 0 Å². The molecule has 0 spiro atoms. The van der Waals surface area contributed by atoms with Gasteiger partial charge in [-0.1, -0.05) is 18.2 Å². The van der Waals surface area contributed by atoms with E-state index < -0.39 is 0 Å². The average molecular weight is 270 g/mol. The smallest absolute Gasteiger partial charge is 0.119 e. The van der Waals surface area contributed by atoms with Gasteiger partial charge < -0.3 is 15.4 Å². The summed E-state index contributed by atoms with van der Waals surface area (Å²) >= 11 is 0. The van der Waals surface area contributed by atoms with Crippen molar-refractivity contribution in [3.05, 3.63) is 54.1 Å². The molecular weight excluding hydrogens is 248 g/mol. The Labute approximate surface area is 121 Å². The fourth-order valence-corrected chi connectivity index (χ4v) is 2.04. The second-order valence-corrected chi connectivity index (χ2v) is 4.98. The standard InChI is InChI=1S/C17H22N2O/c1-14-13-16(9-10-17(14)18)20-12-6-11-19(2)15-7-4-3-5-8-15/h3-5,7-10,13H,6,11-12,18H2,1-2H3. The summed E-state index contributed by atoms with van der Waals surface area (Å²) in [6.45, 7) is 3.67. The van der Waals surface area contributed by atoms with Gasteiger partial charge in [0.1, 0.15) is 5.75 Å². The highest BCUT2D eigenvalue weighted by Gasteiger charge is 2.01. The van der Waals surface area contributed by atoms with Gasteiger partial charge in [-0.15, -0.1) is 0 Å². The predicted molar refractivity (Wildman–Crippen MR) is 85.4 cm³/mol. The van der Waals surface area contributed by atoms with Crippen molar-refractivity contribution >= 4 is 11.4 Å². The van der Waals surface area contributed by atoms with Crippen LogP contribution in [0.5, 0.6) is 5.75 Å². The van der Waals surface area contributed by atoms with Gasteiger partial charge in [-0.25, -0.2) is 0 Å². The second kappa shape index (κ2) is 6.85. The number of aryl methyl sites for hydroxylation is 1. The van der Waals surface area contributed by atoms with E-state index in [1.807, 2.05) is 31.2 Å². The zero-order chi connectivity index (χ0) is 14.4. The van der Waals surface area contributed by atoms with E-state index >= 15 is 0 Å². The lowest BCUT2D eigenvalue weighted by atomic mass is 10.2. The minimum Gasteiger partial charge on any atom is -0.494 e. The third kappa shape index (κ3) is 3.92. The van der Waals surface area contributed by atoms with Crippen LogP contribution in [0.4, 0.5) is 11.4 Å². The summed E-state index contributed by atoms with van der Waals surface area (Å²) in [5, 5.41) is 0. The van der Waals surface area contributed by atoms with E-state index in [9.17, 15) is 0 Å². The summed E-state index contributed by atoms with van der Waals surface area (Å²) in [6.07, 6.45) is 0.981. The highest BCUT2D eigenvalue weighted by molar-refractivity contribution is 5.49. The van der Waals surface area contributed by atoms with E-state index in [1.165, 1.54) is 5.69 Å². The molecule has 2 N–H and O–H groups in total. The van der Waals surface area contributed by atoms with Crippen LogP contribution in [0.15, 0.2) is 48.5 Å². The van der Waals surface area contributed by atoms with Gasteiger partial charge in [-0.05, 0) is 49.2 Å². The van der Waals surface area contributed by atoms with Crippen molar-refractivity contribution in [2.45, 2.75) is 13.3 Å². The first-order chi connectivity index (χ1) is 9.66. The summed E-state index contributed by atoms with van der Waals surface area (Å²) in [5.74, 6) is 0.888. The number of rotatable bonds is 6. The Morgan fingerprint density at radius 2 is 1.85 bits per heavy atom. The Morgan fingerprint density at radius 1 is 1.10 bits per heavy atom. The maximum Gasteiger partial charge on any atom is 0.119 e. The molecule has 0 aromatic heterocycles. The number of nitrogen functional groups attached to an aromatic ring is 1. The van der Waals surface area contributed by atoms with Gasteiger partial charge in [-0.2, -0.15) is 0 Å². The molecule has 2 rings (SSSR count). The number of benzene rings is 2. The van der Waals surface area contributed by atoms with Crippen molar-refractivity contribution in [1.82, 2.24) is 0 Å². The summed E-state index contributed by atoms with van der Waals surface area (Å²) in [7, 11) is 2.10. The number of nitrogens with zero attached hydrogens (tertiary/aromatic N) is 1. The van der Waals surface area contributed by atoms with Gasteiger partial charge in [0.25, 0.3) is 0 Å². The normalized spacial score (nSPS) is 10.3. The van der Waals surface area contributed by atoms with Crippen molar-refractivity contribution in [2.75, 3.05) is 30.8 Å². The summed E-state index contributed by atoms with van der Waals surface area (Å²) in [6, 6.07) is 16.2. The van der Waals surface area contributed by atoms with Crippen molar-refractivity contribution in [2.24, 2.45) is 0 Å². The molecule has 0 saturated carbocycles. The van der Waals surface area contributed by atoms with Gasteiger partial charge >= 0.3 is 0 Å². The highest BCUT2D eigenvalue weighted by atomic mass is 16.5. The van der Waals surface area contributed by atoms with Gasteiger partial charge in [0.05, 0.1) is 6.61 Å². The summed E-state index contributed by atoms with van der Waals surface area (Å²) in [4.78, 5) is 2.23. The molecule has 0 saturated heterocycles. The van der Waals surface area contributed by atoms with Crippen molar-refractivity contribution in [3.8, 4) is 5.75 Å². The number of hydrogen-bond acceptors (Lipinski definition) is 3. The van der Waals surface area contributed by atoms with Crippen LogP contribution in [-0.2, 0) is 0 Å². The van der Waals surface area contributed by atoms with Gasteiger partial charge in [0.15, 0.2) is 0 Å². The van der Waals surface area contributed by atoms with Crippen LogP contribution >= 0.6 is 0 Å². The predicted octanol–water partition coefficient (Wildman–Crippen LogP) is 3.48. The van der Waals surface area contributed by atoms with Crippen LogP contribution in [0.25, 0.3) is 0 Å². The Balaban J connectivity index is 1.75. The first-order valence-corrected chi connectivity index (χ1v) is 6.92. The molecule has 0 unspecified atom stereocenters. The number of anilines is 2. The Bertz CT molecular complexity index is 540. The molecule has 2 aromatic rings. The molecular formula is C17H22N2O. The van der Waals surface area contributed by atoms with Crippen LogP contribution in [0.1, 0.15) is 12.0 Å². The lowest BCUT2D eigenvalue weighted by Gasteiger charge is -2.19. The van der Waals surface area contributed by atoms with Gasteiger partial charge in [0.2, 0.25) is 0 Å². The molecule has 0 bridgehead atoms. The maximum absolute atomic E-state index is 5.79. The number of hydrogen-bond donors (Lipinski definition) is 1. The molecule has 0 amide bonds. The van der Waals surface area contributed by atoms with E-state index in [-0.39, 0.29) is 0 Å². The zero-order valence-electron chi connectivity index (χ0n) is 12.2. The molecule has 0 atom stereocenters. The lowest BCUT2D eigenvalue weighted by Crippen LogP contribution is -2.20. The molecule has 3 heteroatoms. The van der Waals surface area contributed by atoms with E-state index in [1.54, 1.807) is 0 Å². The largest absolute Gasteiger partial charge is 0.494 e. The third-order valence-electron chi connectivity index (χ3n) is 3.34. The van der Waals surface area contributed by atoms with Crippen LogP contribution in [0.2, 0.25) is 0 Å². The molecule has 106 valence electrons. The Kier molecular flexibility index (Phi) is 4.88. The Morgan fingerprint density at radius 3 is 2.55 bits per heavy atom. The molecule has 20 heavy (non-hydrogen) atoms.